The Morgan fingerprint density at radius 3 is 2.06 bits per heavy atom. The number of nitrogens with zero attached hydrogens (tertiary/aromatic N) is 1. The third kappa shape index (κ3) is 8.97. The first-order valence-electron chi connectivity index (χ1n) is 14.8. The van der Waals surface area contributed by atoms with Crippen LogP contribution in [0.15, 0.2) is 70.5 Å². The van der Waals surface area contributed by atoms with Gasteiger partial charge in [0, 0.05) is 36.2 Å². The maximum absolute atomic E-state index is 14.1. The van der Waals surface area contributed by atoms with Gasteiger partial charge in [0.15, 0.2) is 21.5 Å². The van der Waals surface area contributed by atoms with Crippen LogP contribution < -0.4 is 11.5 Å². The summed E-state index contributed by atoms with van der Waals surface area (Å²) in [5.74, 6) is -4.68. The molecule has 254 valence electrons. The minimum absolute atomic E-state index is 0.0119. The summed E-state index contributed by atoms with van der Waals surface area (Å²) < 4.78 is 95.9. The van der Waals surface area contributed by atoms with E-state index in [-0.39, 0.29) is 57.7 Å². The molecule has 0 aliphatic carbocycles. The Hall–Kier alpha value is -3.79. The highest BCUT2D eigenvalue weighted by Gasteiger charge is 2.44. The number of benzene rings is 3. The fourth-order valence-electron chi connectivity index (χ4n) is 6.14. The molecule has 2 fully saturated rings. The Morgan fingerprint density at radius 1 is 0.894 bits per heavy atom. The lowest BCUT2D eigenvalue weighted by atomic mass is 9.82. The highest BCUT2D eigenvalue weighted by molar-refractivity contribution is 7.91. The molecule has 2 bridgehead atoms. The van der Waals surface area contributed by atoms with E-state index in [0.717, 1.165) is 24.5 Å². The summed E-state index contributed by atoms with van der Waals surface area (Å²) in [4.78, 5) is 26.0. The van der Waals surface area contributed by atoms with Crippen LogP contribution >= 0.6 is 0 Å². The fraction of sp³-hybridized carbons (Fsp3) is 0.375. The highest BCUT2D eigenvalue weighted by Crippen LogP contribution is 2.40. The van der Waals surface area contributed by atoms with Crippen molar-refractivity contribution in [3.63, 3.8) is 0 Å². The molecule has 47 heavy (non-hydrogen) atoms. The number of primary amides is 1. The maximum Gasteiger partial charge on any atom is 0.294 e. The largest absolute Gasteiger partial charge is 0.366 e. The SMILES string of the molecule is Cc1ccc(S(=O)(=O)O)cc1.NC(=O)c1cccc(S(=O)(=O)CCC(=O)N2[C@@H]3CC[C@H]2C[C@H]([C@H](N)Cc2cc(F)c(F)cc2F)C3)c1. The molecular formula is C32H36F3N3O7S2. The number of nitrogens with two attached hydrogens (primary N) is 2. The number of halogens is 3. The topological polar surface area (TPSA) is 178 Å². The van der Waals surface area contributed by atoms with Gasteiger partial charge in [-0.1, -0.05) is 23.8 Å². The third-order valence-electron chi connectivity index (χ3n) is 8.59. The molecule has 2 aliphatic rings. The molecule has 2 heterocycles. The van der Waals surface area contributed by atoms with Crippen molar-refractivity contribution in [1.29, 1.82) is 0 Å². The second-order valence-corrected chi connectivity index (χ2v) is 15.4. The molecule has 0 radical (unpaired) electrons. The normalized spacial score (nSPS) is 19.9. The van der Waals surface area contributed by atoms with Crippen LogP contribution in [-0.4, -0.2) is 62.0 Å². The van der Waals surface area contributed by atoms with E-state index in [1.54, 1.807) is 17.0 Å². The van der Waals surface area contributed by atoms with Crippen molar-refractivity contribution in [2.24, 2.45) is 17.4 Å². The number of amides is 2. The fourth-order valence-corrected chi connectivity index (χ4v) is 7.89. The summed E-state index contributed by atoms with van der Waals surface area (Å²) in [6.07, 6.45) is 2.50. The number of hydrogen-bond donors (Lipinski definition) is 3. The lowest BCUT2D eigenvalue weighted by Crippen LogP contribution is -2.50. The zero-order valence-electron chi connectivity index (χ0n) is 25.5. The summed E-state index contributed by atoms with van der Waals surface area (Å²) in [6, 6.07) is 12.0. The molecule has 5 rings (SSSR count). The van der Waals surface area contributed by atoms with Gasteiger partial charge in [-0.3, -0.25) is 14.1 Å². The first kappa shape index (κ1) is 36.1. The van der Waals surface area contributed by atoms with Gasteiger partial charge in [0.2, 0.25) is 11.8 Å². The second kappa shape index (κ2) is 14.5. The zero-order valence-corrected chi connectivity index (χ0v) is 27.1. The molecule has 2 amide bonds. The minimum atomic E-state index is -4.02. The maximum atomic E-state index is 14.1. The molecule has 0 saturated carbocycles. The zero-order chi connectivity index (χ0) is 34.7. The summed E-state index contributed by atoms with van der Waals surface area (Å²) in [6.45, 7) is 1.84. The first-order valence-corrected chi connectivity index (χ1v) is 17.9. The lowest BCUT2D eigenvalue weighted by molar-refractivity contribution is -0.136. The van der Waals surface area contributed by atoms with Crippen LogP contribution in [0.4, 0.5) is 13.2 Å². The van der Waals surface area contributed by atoms with E-state index in [1.807, 2.05) is 6.92 Å². The first-order chi connectivity index (χ1) is 22.0. The van der Waals surface area contributed by atoms with Crippen molar-refractivity contribution in [3.05, 3.63) is 94.8 Å². The standard InChI is InChI=1S/C25H28F3N3O4S.C7H8O3S/c26-20-13-22(28)21(27)11-15(20)12-23(29)16-8-17-4-5-18(9-16)31(17)24(32)6-7-36(34,35)19-3-1-2-14(10-19)25(30)33;1-6-2-4-7(5-3-6)11(8,9)10/h1-3,10-11,13,16-18,23H,4-9,12,29H2,(H2,30,33);2-5H,1H3,(H,8,9,10)/t16-,17-,18+,23-;/m1./s1. The Morgan fingerprint density at radius 2 is 1.49 bits per heavy atom. The summed E-state index contributed by atoms with van der Waals surface area (Å²) in [7, 11) is -7.82. The van der Waals surface area contributed by atoms with E-state index < -0.39 is 55.1 Å². The molecule has 2 aliphatic heterocycles. The number of aryl methyl sites for hydroxylation is 1. The van der Waals surface area contributed by atoms with Gasteiger partial charge < -0.3 is 16.4 Å². The minimum Gasteiger partial charge on any atom is -0.366 e. The van der Waals surface area contributed by atoms with Crippen molar-refractivity contribution < 1.29 is 44.1 Å². The molecular weight excluding hydrogens is 659 g/mol. The molecule has 4 atom stereocenters. The summed E-state index contributed by atoms with van der Waals surface area (Å²) in [5.41, 5.74) is 12.6. The van der Waals surface area contributed by atoms with Gasteiger partial charge in [0.25, 0.3) is 10.1 Å². The number of fused-ring (bicyclic) bond motifs is 2. The van der Waals surface area contributed by atoms with Crippen molar-refractivity contribution in [2.45, 2.75) is 73.4 Å². The monoisotopic (exact) mass is 695 g/mol. The highest BCUT2D eigenvalue weighted by atomic mass is 32.2. The van der Waals surface area contributed by atoms with E-state index in [2.05, 4.69) is 0 Å². The summed E-state index contributed by atoms with van der Waals surface area (Å²) in [5, 5.41) is 0. The lowest BCUT2D eigenvalue weighted by Gasteiger charge is -2.41. The van der Waals surface area contributed by atoms with Gasteiger partial charge >= 0.3 is 0 Å². The van der Waals surface area contributed by atoms with Gasteiger partial charge in [-0.2, -0.15) is 8.42 Å². The summed E-state index contributed by atoms with van der Waals surface area (Å²) >= 11 is 0. The Labute approximate surface area is 271 Å². The van der Waals surface area contributed by atoms with E-state index in [4.69, 9.17) is 16.0 Å². The number of carbonyl (C=O) groups is 2. The number of piperidine rings is 1. The van der Waals surface area contributed by atoms with E-state index in [0.29, 0.717) is 18.9 Å². The average Bonchev–Trinajstić information content (AvgIpc) is 3.27. The molecule has 5 N–H and O–H groups in total. The molecule has 2 saturated heterocycles. The van der Waals surface area contributed by atoms with Crippen molar-refractivity contribution in [3.8, 4) is 0 Å². The van der Waals surface area contributed by atoms with Crippen molar-refractivity contribution >= 4 is 31.8 Å². The third-order valence-corrected chi connectivity index (χ3v) is 11.2. The van der Waals surface area contributed by atoms with E-state index in [1.165, 1.54) is 36.4 Å². The van der Waals surface area contributed by atoms with Crippen LogP contribution in [0, 0.1) is 30.3 Å². The van der Waals surface area contributed by atoms with Crippen LogP contribution in [0.2, 0.25) is 0 Å². The van der Waals surface area contributed by atoms with Crippen molar-refractivity contribution in [2.75, 3.05) is 5.75 Å². The van der Waals surface area contributed by atoms with Crippen molar-refractivity contribution in [1.82, 2.24) is 4.90 Å². The van der Waals surface area contributed by atoms with Gasteiger partial charge in [-0.15, -0.1) is 0 Å². The Bertz CT molecular complexity index is 1840. The van der Waals surface area contributed by atoms with Crippen LogP contribution in [-0.2, 0) is 31.2 Å². The van der Waals surface area contributed by atoms with Crippen LogP contribution in [0.25, 0.3) is 0 Å². The Kier molecular flexibility index (Phi) is 11.2. The smallest absolute Gasteiger partial charge is 0.294 e. The van der Waals surface area contributed by atoms with E-state index in [9.17, 15) is 39.6 Å². The average molecular weight is 696 g/mol. The number of rotatable bonds is 9. The molecule has 0 aromatic heterocycles. The van der Waals surface area contributed by atoms with Crippen LogP contribution in [0.1, 0.15) is 53.6 Å². The molecule has 3 aromatic rings. The molecule has 0 unspecified atom stereocenters. The van der Waals surface area contributed by atoms with Crippen LogP contribution in [0.3, 0.4) is 0 Å². The number of hydrogen-bond acceptors (Lipinski definition) is 7. The molecule has 0 spiro atoms. The molecule has 15 heteroatoms. The van der Waals surface area contributed by atoms with Gasteiger partial charge in [0.1, 0.15) is 5.82 Å². The number of carbonyl (C=O) groups excluding carboxylic acids is 2. The molecule has 10 nitrogen and oxygen atoms in total. The second-order valence-electron chi connectivity index (χ2n) is 11.9. The quantitative estimate of drug-likeness (QED) is 0.223. The molecule has 3 aromatic carbocycles. The Balaban J connectivity index is 0.000000385. The van der Waals surface area contributed by atoms with Gasteiger partial charge in [-0.05, 0) is 86.9 Å². The van der Waals surface area contributed by atoms with Crippen LogP contribution in [0.5, 0.6) is 0 Å². The predicted molar refractivity (Wildman–Crippen MR) is 167 cm³/mol. The predicted octanol–water partition coefficient (Wildman–Crippen LogP) is 3.95. The van der Waals surface area contributed by atoms with Gasteiger partial charge in [-0.25, -0.2) is 21.6 Å². The van der Waals surface area contributed by atoms with E-state index >= 15 is 0 Å². The number of sulfone groups is 1. The van der Waals surface area contributed by atoms with Gasteiger partial charge in [0.05, 0.1) is 15.5 Å².